The normalized spacial score (nSPS) is 10.9. The minimum atomic E-state index is 0. The van der Waals surface area contributed by atoms with Crippen LogP contribution in [0.15, 0.2) is 67.3 Å². The SMILES string of the molecule is CC(C)c1ccccc1-n1cc[n+](-c2ccccc2C(C)C)c1.[Cl-]. The van der Waals surface area contributed by atoms with E-state index < -0.39 is 0 Å². The third-order valence-electron chi connectivity index (χ3n) is 4.31. The average Bonchev–Trinajstić information content (AvgIpc) is 3.04. The summed E-state index contributed by atoms with van der Waals surface area (Å²) in [6.45, 7) is 8.96. The van der Waals surface area contributed by atoms with Gasteiger partial charge in [-0.15, -0.1) is 0 Å². The summed E-state index contributed by atoms with van der Waals surface area (Å²) in [4.78, 5) is 0. The van der Waals surface area contributed by atoms with Gasteiger partial charge in [0, 0.05) is 11.1 Å². The molecular formula is C21H25ClN2. The van der Waals surface area contributed by atoms with E-state index in [9.17, 15) is 0 Å². The first kappa shape index (κ1) is 18.3. The second kappa shape index (κ2) is 7.67. The number of nitrogens with zero attached hydrogens (tertiary/aromatic N) is 2. The molecule has 0 spiro atoms. The molecule has 3 rings (SSSR count). The molecule has 2 nitrogen and oxygen atoms in total. The minimum Gasteiger partial charge on any atom is -1.00 e. The predicted molar refractivity (Wildman–Crippen MR) is 95.5 cm³/mol. The highest BCUT2D eigenvalue weighted by Crippen LogP contribution is 2.23. The summed E-state index contributed by atoms with van der Waals surface area (Å²) in [6.07, 6.45) is 6.44. The zero-order valence-corrected chi connectivity index (χ0v) is 15.5. The van der Waals surface area contributed by atoms with E-state index in [0.717, 1.165) is 0 Å². The predicted octanol–water partition coefficient (Wildman–Crippen LogP) is 2.00. The first-order valence-electron chi connectivity index (χ1n) is 8.35. The molecule has 0 amide bonds. The summed E-state index contributed by atoms with van der Waals surface area (Å²) in [5.41, 5.74) is 5.24. The van der Waals surface area contributed by atoms with Gasteiger partial charge in [0.05, 0.1) is 0 Å². The Morgan fingerprint density at radius 1 is 0.792 bits per heavy atom. The summed E-state index contributed by atoms with van der Waals surface area (Å²) in [5, 5.41) is 0. The van der Waals surface area contributed by atoms with E-state index >= 15 is 0 Å². The molecule has 2 aromatic carbocycles. The second-order valence-electron chi connectivity index (χ2n) is 6.66. The first-order valence-corrected chi connectivity index (χ1v) is 8.35. The Labute approximate surface area is 151 Å². The molecule has 0 unspecified atom stereocenters. The number of aromatic nitrogens is 2. The smallest absolute Gasteiger partial charge is 0.254 e. The van der Waals surface area contributed by atoms with E-state index in [-0.39, 0.29) is 12.4 Å². The number of hydrogen-bond donors (Lipinski definition) is 0. The Bertz CT molecular complexity index is 737. The molecule has 0 N–H and O–H groups in total. The van der Waals surface area contributed by atoms with E-state index in [1.54, 1.807) is 0 Å². The molecule has 0 saturated heterocycles. The van der Waals surface area contributed by atoms with Crippen LogP contribution in [0.4, 0.5) is 0 Å². The van der Waals surface area contributed by atoms with Crippen LogP contribution < -0.4 is 17.0 Å². The monoisotopic (exact) mass is 340 g/mol. The number of hydrogen-bond acceptors (Lipinski definition) is 0. The maximum atomic E-state index is 2.24. The topological polar surface area (TPSA) is 8.81 Å². The number of benzene rings is 2. The van der Waals surface area contributed by atoms with Crippen molar-refractivity contribution in [2.75, 3.05) is 0 Å². The first-order chi connectivity index (χ1) is 11.1. The fourth-order valence-electron chi connectivity index (χ4n) is 3.06. The molecule has 0 aliphatic heterocycles. The fraction of sp³-hybridized carbons (Fsp3) is 0.286. The van der Waals surface area contributed by atoms with Gasteiger partial charge in [-0.25, -0.2) is 9.13 Å². The highest BCUT2D eigenvalue weighted by atomic mass is 35.5. The average molecular weight is 341 g/mol. The zero-order valence-electron chi connectivity index (χ0n) is 14.8. The summed E-state index contributed by atoms with van der Waals surface area (Å²) in [5.74, 6) is 1.01. The minimum absolute atomic E-state index is 0. The van der Waals surface area contributed by atoms with Crippen LogP contribution in [-0.4, -0.2) is 4.57 Å². The Balaban J connectivity index is 0.00000208. The van der Waals surface area contributed by atoms with E-state index in [4.69, 9.17) is 0 Å². The maximum absolute atomic E-state index is 2.24. The van der Waals surface area contributed by atoms with Crippen LogP contribution in [0.5, 0.6) is 0 Å². The van der Waals surface area contributed by atoms with Crippen molar-refractivity contribution in [2.45, 2.75) is 39.5 Å². The van der Waals surface area contributed by atoms with Crippen LogP contribution in [0, 0.1) is 0 Å². The standard InChI is InChI=1S/C21H25N2.ClH/c1-16(2)18-9-5-7-11-20(18)22-13-14-23(15-22)21-12-8-6-10-19(21)17(3)4;/h5-17H,1-4H3;1H/q+1;/p-1. The molecule has 24 heavy (non-hydrogen) atoms. The number of imidazole rings is 1. The summed E-state index contributed by atoms with van der Waals surface area (Å²) >= 11 is 0. The molecule has 0 saturated carbocycles. The van der Waals surface area contributed by atoms with Gasteiger partial charge in [0.15, 0.2) is 0 Å². The lowest BCUT2D eigenvalue weighted by atomic mass is 10.0. The lowest BCUT2D eigenvalue weighted by Crippen LogP contribution is -3.00. The van der Waals surface area contributed by atoms with Gasteiger partial charge in [-0.3, -0.25) is 0 Å². The second-order valence-corrected chi connectivity index (χ2v) is 6.66. The molecule has 0 aliphatic carbocycles. The van der Waals surface area contributed by atoms with E-state index in [0.29, 0.717) is 11.8 Å². The van der Waals surface area contributed by atoms with Crippen molar-refractivity contribution >= 4 is 0 Å². The molecular weight excluding hydrogens is 316 g/mol. The van der Waals surface area contributed by atoms with Gasteiger partial charge in [-0.2, -0.15) is 0 Å². The molecule has 0 atom stereocenters. The number of para-hydroxylation sites is 2. The zero-order chi connectivity index (χ0) is 16.4. The maximum Gasteiger partial charge on any atom is 0.254 e. The molecule has 126 valence electrons. The highest BCUT2D eigenvalue weighted by molar-refractivity contribution is 5.43. The largest absolute Gasteiger partial charge is 1.00 e. The Hall–Kier alpha value is -2.06. The van der Waals surface area contributed by atoms with Gasteiger partial charge >= 0.3 is 0 Å². The van der Waals surface area contributed by atoms with E-state index in [1.165, 1.54) is 22.5 Å². The highest BCUT2D eigenvalue weighted by Gasteiger charge is 2.16. The third kappa shape index (κ3) is 3.54. The van der Waals surface area contributed by atoms with Gasteiger partial charge in [0.2, 0.25) is 0 Å². The molecule has 3 aromatic rings. The van der Waals surface area contributed by atoms with Crippen LogP contribution >= 0.6 is 0 Å². The molecule has 0 fully saturated rings. The van der Waals surface area contributed by atoms with E-state index in [1.807, 2.05) is 0 Å². The molecule has 0 bridgehead atoms. The molecule has 0 aliphatic rings. The number of halogens is 1. The Morgan fingerprint density at radius 2 is 1.38 bits per heavy atom. The molecule has 1 heterocycles. The Morgan fingerprint density at radius 3 is 2.04 bits per heavy atom. The van der Waals surface area contributed by atoms with Gasteiger partial charge in [0.25, 0.3) is 6.33 Å². The summed E-state index contributed by atoms with van der Waals surface area (Å²) in [6, 6.07) is 17.2. The summed E-state index contributed by atoms with van der Waals surface area (Å²) in [7, 11) is 0. The van der Waals surface area contributed by atoms with Crippen LogP contribution in [-0.2, 0) is 0 Å². The van der Waals surface area contributed by atoms with Crippen molar-refractivity contribution in [2.24, 2.45) is 0 Å². The van der Waals surface area contributed by atoms with Crippen molar-refractivity contribution < 1.29 is 17.0 Å². The fourth-order valence-corrected chi connectivity index (χ4v) is 3.06. The van der Waals surface area contributed by atoms with Crippen LogP contribution in [0.25, 0.3) is 11.4 Å². The van der Waals surface area contributed by atoms with Crippen molar-refractivity contribution in [3.05, 3.63) is 78.4 Å². The quantitative estimate of drug-likeness (QED) is 0.642. The van der Waals surface area contributed by atoms with Gasteiger partial charge in [-0.1, -0.05) is 64.1 Å². The molecule has 1 aromatic heterocycles. The van der Waals surface area contributed by atoms with E-state index in [2.05, 4.69) is 104 Å². The Kier molecular flexibility index (Phi) is 5.84. The van der Waals surface area contributed by atoms with Crippen molar-refractivity contribution in [1.82, 2.24) is 4.57 Å². The lowest BCUT2D eigenvalue weighted by Gasteiger charge is -2.10. The van der Waals surface area contributed by atoms with Crippen molar-refractivity contribution in [1.29, 1.82) is 0 Å². The van der Waals surface area contributed by atoms with Crippen LogP contribution in [0.3, 0.4) is 0 Å². The van der Waals surface area contributed by atoms with Crippen molar-refractivity contribution in [3.8, 4) is 11.4 Å². The van der Waals surface area contributed by atoms with Crippen molar-refractivity contribution in [3.63, 3.8) is 0 Å². The molecule has 0 radical (unpaired) electrons. The van der Waals surface area contributed by atoms with Gasteiger partial charge in [-0.05, 0) is 24.0 Å². The van der Waals surface area contributed by atoms with Crippen LogP contribution in [0.2, 0.25) is 0 Å². The molecule has 3 heteroatoms. The number of rotatable bonds is 4. The van der Waals surface area contributed by atoms with Crippen LogP contribution in [0.1, 0.15) is 50.7 Å². The van der Waals surface area contributed by atoms with Gasteiger partial charge < -0.3 is 12.4 Å². The summed E-state index contributed by atoms with van der Waals surface area (Å²) < 4.78 is 4.43. The van der Waals surface area contributed by atoms with Gasteiger partial charge in [0.1, 0.15) is 23.8 Å². The third-order valence-corrected chi connectivity index (χ3v) is 4.31. The lowest BCUT2D eigenvalue weighted by molar-refractivity contribution is -0.595.